The van der Waals surface area contributed by atoms with Crippen LogP contribution in [0.25, 0.3) is 11.4 Å². The fourth-order valence-corrected chi connectivity index (χ4v) is 3.19. The molecule has 8 heteroatoms. The van der Waals surface area contributed by atoms with Crippen LogP contribution in [0.15, 0.2) is 59.8 Å². The van der Waals surface area contributed by atoms with Crippen molar-refractivity contribution >= 4 is 27.3 Å². The first kappa shape index (κ1) is 15.5. The molecule has 0 bridgehead atoms. The van der Waals surface area contributed by atoms with Gasteiger partial charge in [-0.1, -0.05) is 17.7 Å². The molecule has 23 heavy (non-hydrogen) atoms. The van der Waals surface area contributed by atoms with Crippen molar-refractivity contribution in [2.45, 2.75) is 4.90 Å². The second-order valence-corrected chi connectivity index (χ2v) is 6.81. The first-order valence-electron chi connectivity index (χ1n) is 6.53. The minimum atomic E-state index is -3.93. The number of pyridine rings is 1. The average molecular weight is 352 g/mol. The number of aromatic nitrogens is 2. The number of halogens is 2. The van der Waals surface area contributed by atoms with Gasteiger partial charge in [0, 0.05) is 17.4 Å². The minimum Gasteiger partial charge on any atom is -0.359 e. The Morgan fingerprint density at radius 3 is 2.70 bits per heavy atom. The lowest BCUT2D eigenvalue weighted by Crippen LogP contribution is -2.13. The van der Waals surface area contributed by atoms with Crippen molar-refractivity contribution in [3.05, 3.63) is 65.7 Å². The van der Waals surface area contributed by atoms with Crippen LogP contribution in [0.5, 0.6) is 0 Å². The van der Waals surface area contributed by atoms with E-state index < -0.39 is 15.8 Å². The monoisotopic (exact) mass is 351 g/mol. The van der Waals surface area contributed by atoms with Crippen molar-refractivity contribution in [3.63, 3.8) is 0 Å². The van der Waals surface area contributed by atoms with E-state index in [1.165, 1.54) is 24.4 Å². The third kappa shape index (κ3) is 3.35. The Balaban J connectivity index is 1.90. The molecule has 0 amide bonds. The number of rotatable bonds is 4. The Bertz CT molecular complexity index is 942. The summed E-state index contributed by atoms with van der Waals surface area (Å²) in [5, 5.41) is 0.185. The number of nitrogens with zero attached hydrogens (tertiary/aromatic N) is 1. The summed E-state index contributed by atoms with van der Waals surface area (Å²) >= 11 is 5.65. The summed E-state index contributed by atoms with van der Waals surface area (Å²) in [6.45, 7) is 0. The van der Waals surface area contributed by atoms with Crippen LogP contribution in [0, 0.1) is 5.82 Å². The molecule has 0 radical (unpaired) electrons. The highest BCUT2D eigenvalue weighted by molar-refractivity contribution is 7.92. The van der Waals surface area contributed by atoms with E-state index in [9.17, 15) is 12.8 Å². The fraction of sp³-hybridized carbons (Fsp3) is 0. The molecule has 0 fully saturated rings. The summed E-state index contributed by atoms with van der Waals surface area (Å²) in [5.74, 6) is -0.749. The van der Waals surface area contributed by atoms with Gasteiger partial charge in [0.25, 0.3) is 10.0 Å². The number of hydrogen-bond acceptors (Lipinski definition) is 3. The lowest BCUT2D eigenvalue weighted by atomic mass is 10.3. The molecule has 0 saturated carbocycles. The van der Waals surface area contributed by atoms with Crippen LogP contribution >= 0.6 is 11.6 Å². The van der Waals surface area contributed by atoms with E-state index in [0.717, 1.165) is 6.07 Å². The lowest BCUT2D eigenvalue weighted by molar-refractivity contribution is 0.598. The molecule has 0 spiro atoms. The molecule has 118 valence electrons. The van der Waals surface area contributed by atoms with Crippen LogP contribution in [0.4, 0.5) is 10.1 Å². The Hall–Kier alpha value is -2.38. The van der Waals surface area contributed by atoms with Crippen molar-refractivity contribution in [1.82, 2.24) is 9.97 Å². The summed E-state index contributed by atoms with van der Waals surface area (Å²) in [7, 11) is -3.93. The molecule has 2 aromatic heterocycles. The van der Waals surface area contributed by atoms with Gasteiger partial charge in [-0.15, -0.1) is 0 Å². The predicted molar refractivity (Wildman–Crippen MR) is 86.2 cm³/mol. The minimum absolute atomic E-state index is 0.0208. The van der Waals surface area contributed by atoms with Crippen LogP contribution in [-0.2, 0) is 10.0 Å². The van der Waals surface area contributed by atoms with Gasteiger partial charge in [0.15, 0.2) is 0 Å². The molecule has 0 unspecified atom stereocenters. The van der Waals surface area contributed by atoms with Crippen molar-refractivity contribution in [2.75, 3.05) is 4.72 Å². The van der Waals surface area contributed by atoms with E-state index in [2.05, 4.69) is 14.7 Å². The summed E-state index contributed by atoms with van der Waals surface area (Å²) in [6.07, 6.45) is 2.92. The summed E-state index contributed by atoms with van der Waals surface area (Å²) < 4.78 is 40.6. The number of aromatic amines is 1. The van der Waals surface area contributed by atoms with E-state index in [0.29, 0.717) is 11.4 Å². The van der Waals surface area contributed by atoms with Gasteiger partial charge in [-0.2, -0.15) is 0 Å². The van der Waals surface area contributed by atoms with Crippen LogP contribution in [-0.4, -0.2) is 18.4 Å². The second-order valence-electron chi connectivity index (χ2n) is 4.69. The molecule has 0 aliphatic rings. The maximum absolute atomic E-state index is 13.7. The molecule has 0 aliphatic heterocycles. The van der Waals surface area contributed by atoms with Crippen LogP contribution in [0.1, 0.15) is 0 Å². The average Bonchev–Trinajstić information content (AvgIpc) is 3.02. The number of benzene rings is 1. The van der Waals surface area contributed by atoms with Gasteiger partial charge >= 0.3 is 0 Å². The Morgan fingerprint density at radius 2 is 2.00 bits per heavy atom. The number of hydrogen-bond donors (Lipinski definition) is 2. The zero-order valence-corrected chi connectivity index (χ0v) is 13.2. The standard InChI is InChI=1S/C15H11ClFN3O2S/c16-10-4-5-13(12(17)7-10)20-23(21,22)11-8-15(19-9-11)14-3-1-2-6-18-14/h1-9,19-20H. The molecule has 3 rings (SSSR count). The van der Waals surface area contributed by atoms with Crippen molar-refractivity contribution < 1.29 is 12.8 Å². The van der Waals surface area contributed by atoms with Crippen LogP contribution in [0.2, 0.25) is 5.02 Å². The number of sulfonamides is 1. The van der Waals surface area contributed by atoms with E-state index in [1.807, 2.05) is 0 Å². The van der Waals surface area contributed by atoms with Gasteiger partial charge in [0.05, 0.1) is 17.1 Å². The summed E-state index contributed by atoms with van der Waals surface area (Å²) in [4.78, 5) is 6.95. The third-order valence-corrected chi connectivity index (χ3v) is 4.66. The number of H-pyrrole nitrogens is 1. The fourth-order valence-electron chi connectivity index (χ4n) is 1.98. The van der Waals surface area contributed by atoms with Crippen molar-refractivity contribution in [1.29, 1.82) is 0 Å². The van der Waals surface area contributed by atoms with Crippen LogP contribution < -0.4 is 4.72 Å². The van der Waals surface area contributed by atoms with Gasteiger partial charge in [0.2, 0.25) is 0 Å². The molecular formula is C15H11ClFN3O2S. The highest BCUT2D eigenvalue weighted by Gasteiger charge is 2.18. The molecule has 2 heterocycles. The first-order valence-corrected chi connectivity index (χ1v) is 8.39. The molecular weight excluding hydrogens is 341 g/mol. The topological polar surface area (TPSA) is 74.8 Å². The van der Waals surface area contributed by atoms with Crippen LogP contribution in [0.3, 0.4) is 0 Å². The predicted octanol–water partition coefficient (Wildman–Crippen LogP) is 3.67. The van der Waals surface area contributed by atoms with Gasteiger partial charge < -0.3 is 4.98 Å². The molecule has 2 N–H and O–H groups in total. The van der Waals surface area contributed by atoms with E-state index >= 15 is 0 Å². The Kier molecular flexibility index (Phi) is 4.06. The second kappa shape index (κ2) is 6.02. The van der Waals surface area contributed by atoms with Gasteiger partial charge in [0.1, 0.15) is 10.7 Å². The highest BCUT2D eigenvalue weighted by atomic mass is 35.5. The third-order valence-electron chi connectivity index (χ3n) is 3.08. The zero-order valence-electron chi connectivity index (χ0n) is 11.6. The van der Waals surface area contributed by atoms with Gasteiger partial charge in [-0.05, 0) is 36.4 Å². The lowest BCUT2D eigenvalue weighted by Gasteiger charge is -2.07. The quantitative estimate of drug-likeness (QED) is 0.753. The highest BCUT2D eigenvalue weighted by Crippen LogP contribution is 2.24. The molecule has 3 aromatic rings. The Morgan fingerprint density at radius 1 is 1.17 bits per heavy atom. The SMILES string of the molecule is O=S(=O)(Nc1ccc(Cl)cc1F)c1c[nH]c(-c2ccccn2)c1. The van der Waals surface area contributed by atoms with E-state index in [-0.39, 0.29) is 15.6 Å². The number of nitrogens with one attached hydrogen (secondary N) is 2. The van der Waals surface area contributed by atoms with Gasteiger partial charge in [-0.25, -0.2) is 12.8 Å². The van der Waals surface area contributed by atoms with Crippen molar-refractivity contribution in [3.8, 4) is 11.4 Å². The summed E-state index contributed by atoms with van der Waals surface area (Å²) in [6, 6.07) is 10.4. The number of anilines is 1. The van der Waals surface area contributed by atoms with Gasteiger partial charge in [-0.3, -0.25) is 9.71 Å². The van der Waals surface area contributed by atoms with E-state index in [4.69, 9.17) is 11.6 Å². The zero-order chi connectivity index (χ0) is 16.4. The molecule has 1 aromatic carbocycles. The first-order chi connectivity index (χ1) is 11.0. The smallest absolute Gasteiger partial charge is 0.263 e. The van der Waals surface area contributed by atoms with Crippen molar-refractivity contribution in [2.24, 2.45) is 0 Å². The summed E-state index contributed by atoms with van der Waals surface area (Å²) in [5.41, 5.74) is 0.976. The normalized spacial score (nSPS) is 11.4. The largest absolute Gasteiger partial charge is 0.359 e. The maximum atomic E-state index is 13.7. The molecule has 0 saturated heterocycles. The Labute approximate surface area is 137 Å². The van der Waals surface area contributed by atoms with E-state index in [1.54, 1.807) is 24.4 Å². The molecule has 0 atom stereocenters. The molecule has 0 aliphatic carbocycles. The molecule has 5 nitrogen and oxygen atoms in total. The maximum Gasteiger partial charge on any atom is 0.263 e.